The van der Waals surface area contributed by atoms with E-state index in [1.807, 2.05) is 0 Å². The topological polar surface area (TPSA) is 573 Å². The Morgan fingerprint density at radius 2 is 1.12 bits per heavy atom. The van der Waals surface area contributed by atoms with Crippen molar-refractivity contribution in [3.05, 3.63) is 173 Å². The number of fused-ring (bicyclic) bond motifs is 3. The summed E-state index contributed by atoms with van der Waals surface area (Å²) >= 11 is 0.579. The molecule has 3 aliphatic heterocycles. The number of likely N-dealkylation sites (N-methyl/N-ethyl adjacent to an activating group) is 3. The number of H-pyrrole nitrogens is 1. The number of nitrogens with two attached hydrogens (primary N) is 2. The van der Waals surface area contributed by atoms with Crippen LogP contribution in [0.4, 0.5) is 17.6 Å². The first-order chi connectivity index (χ1) is 63.6. The number of carboxylic acids is 2. The molecule has 3 fully saturated rings. The molecule has 39 nitrogen and oxygen atoms in total. The smallest absolute Gasteiger partial charge is 0.305 e. The van der Waals surface area contributed by atoms with Crippen LogP contribution in [0.3, 0.4) is 0 Å². The minimum absolute atomic E-state index is 0.168. The Balaban J connectivity index is 1.14. The number of unbranched alkanes of at least 4 members (excludes halogenated alkanes) is 1. The second-order valence-corrected chi connectivity index (χ2v) is 34.3. The third-order valence-corrected chi connectivity index (χ3v) is 24.2. The lowest BCUT2D eigenvalue weighted by Crippen LogP contribution is -2.64. The van der Waals surface area contributed by atoms with E-state index in [9.17, 15) is 67.6 Å². The van der Waals surface area contributed by atoms with Crippen molar-refractivity contribution in [1.29, 1.82) is 0 Å². The largest absolute Gasteiger partial charge is 0.508 e. The van der Waals surface area contributed by atoms with Gasteiger partial charge in [-0.25, -0.2) is 17.6 Å². The third kappa shape index (κ3) is 28.5. The number of aliphatic hydroxyl groups is 1. The minimum Gasteiger partial charge on any atom is -0.508 e. The maximum absolute atomic E-state index is 15.7. The van der Waals surface area contributed by atoms with Gasteiger partial charge in [0.2, 0.25) is 88.6 Å². The van der Waals surface area contributed by atoms with E-state index >= 15 is 51.9 Å². The van der Waals surface area contributed by atoms with Gasteiger partial charge in [-0.3, -0.25) is 81.5 Å². The molecule has 134 heavy (non-hydrogen) atoms. The molecule has 0 spiro atoms. The molecule has 6 aromatic rings. The third-order valence-electron chi connectivity index (χ3n) is 23.2. The van der Waals surface area contributed by atoms with Crippen molar-refractivity contribution >= 4 is 123 Å². The van der Waals surface area contributed by atoms with Gasteiger partial charge >= 0.3 is 11.9 Å². The number of rotatable bonds is 23. The zero-order chi connectivity index (χ0) is 98.1. The SMILES string of the molecule is CCCC[C@H]1C(=O)N2C[C@H](O)C[C@@H]2C(=O)N[C@@H](CC(=O)O)C(=O)N[C@@H](C(C)C)C(=O)N(C)[C@@H](Cc2ccccc2)C(=O)N[C@@H](CCC(=O)O)C(=O)N2CCOC[C@@H]2C(=O)N[C@@H](Cc2c[nH]c3ccccc23)C(=O)N[C@@H](Cc2ccc(O)cc2)C(=O)N[C@@H](CN)C(=O)N[C@H](C(=O)NCC(N)=O)CSCC(=O)N[C@@H](Cc2cc(F)c(F)c(F)c2)C(=O)N(C)[C@@H](Cc2ccc(F)cc2)C(=O)N1C. The van der Waals surface area contributed by atoms with Gasteiger partial charge in [-0.2, -0.15) is 0 Å². The van der Waals surface area contributed by atoms with Crippen LogP contribution in [0.2, 0.25) is 0 Å². The van der Waals surface area contributed by atoms with Crippen molar-refractivity contribution in [2.45, 2.75) is 182 Å². The number of aromatic hydroxyl groups is 1. The van der Waals surface area contributed by atoms with E-state index in [1.54, 1.807) is 67.7 Å². The number of phenolic OH excluding ortho intramolecular Hbond substituents is 1. The first-order valence-corrected chi connectivity index (χ1v) is 44.4. The number of aromatic amines is 1. The van der Waals surface area contributed by atoms with Gasteiger partial charge in [0.25, 0.3) is 0 Å². The van der Waals surface area contributed by atoms with Crippen molar-refractivity contribution in [1.82, 2.24) is 77.3 Å². The van der Waals surface area contributed by atoms with Gasteiger partial charge < -0.3 is 114 Å². The van der Waals surface area contributed by atoms with Crippen LogP contribution in [0.25, 0.3) is 10.9 Å². The summed E-state index contributed by atoms with van der Waals surface area (Å²) in [5.41, 5.74) is 13.0. The number of aliphatic hydroxyl groups excluding tert-OH is 1. The average Bonchev–Trinajstić information content (AvgIpc) is 1.69. The predicted molar refractivity (Wildman–Crippen MR) is 474 cm³/mol. The Kier molecular flexibility index (Phi) is 37.8. The van der Waals surface area contributed by atoms with Gasteiger partial charge in [0.15, 0.2) is 17.5 Å². The number of morpholine rings is 1. The molecule has 0 radical (unpaired) electrons. The summed E-state index contributed by atoms with van der Waals surface area (Å²) in [6.07, 6.45) is -5.35. The van der Waals surface area contributed by atoms with Crippen LogP contribution >= 0.6 is 11.8 Å². The van der Waals surface area contributed by atoms with Crippen LogP contribution in [0.1, 0.15) is 93.5 Å². The summed E-state index contributed by atoms with van der Waals surface area (Å²) in [6, 6.07) is 2.48. The molecule has 5 aromatic carbocycles. The summed E-state index contributed by atoms with van der Waals surface area (Å²) in [6.45, 7) is 1.24. The molecule has 0 unspecified atom stereocenters. The standard InChI is InChI=1S/C90H111F4N17O22S/c1-7-8-18-67-89(131)111-43-55(113)38-69(111)84(126)103-63(39-75(118)119)81(123)106-77(47(2)3)90(132)108(5)68(35-48-14-10-9-11-15-48)83(125)100-60(27-28-74(116)117)87(129)110-29-30-133-44-71(110)85(127)102-62(37-52-41-97-59-17-13-12-16-56(52)59)80(122)101-61(33-49-21-25-54(112)26-22-49)79(121)104-65(40-95)82(124)105-66(78(120)98-42-72(96)114)45-134-46-73(115)99-64(34-51-31-57(92)76(94)58(93)32-51)86(128)109(6)70(88(130)107(67)4)36-50-19-23-53(91)24-20-50/h9-17,19-26,31-32,41,47,55,60-71,77,97,112-113H,7-8,18,27-30,33-40,42-46,95H2,1-6H3,(H2,96,114)(H,98,120)(H,99,115)(H,100,125)(H,101,122)(H,102,127)(H,103,126)(H,104,121)(H,105,124)(H,106,123)(H,116,117)(H,118,119)/t55-,60+,61+,62+,63+,64+,65+,66+,67+,68+,69-,70+,71-,77+/m1/s1. The molecule has 1 aromatic heterocycles. The quantitative estimate of drug-likeness (QED) is 0.0270. The molecule has 722 valence electrons. The zero-order valence-electron chi connectivity index (χ0n) is 74.3. The van der Waals surface area contributed by atoms with Crippen molar-refractivity contribution < 1.29 is 124 Å². The number of ether oxygens (including phenoxy) is 1. The van der Waals surface area contributed by atoms with E-state index in [2.05, 4.69) is 52.8 Å². The fourth-order valence-electron chi connectivity index (χ4n) is 15.8. The number of hydrogen-bond acceptors (Lipinski definition) is 22. The number of amides is 15. The number of benzene rings is 5. The predicted octanol–water partition coefficient (Wildman–Crippen LogP) is -1.02. The minimum atomic E-state index is -2.09. The lowest BCUT2D eigenvalue weighted by Gasteiger charge is -2.38. The number of carboxylic acid groups (broad SMARTS) is 2. The average molecular weight is 1890 g/mol. The van der Waals surface area contributed by atoms with Crippen LogP contribution < -0.4 is 59.3 Å². The molecule has 0 aliphatic carbocycles. The van der Waals surface area contributed by atoms with Gasteiger partial charge in [0, 0.05) is 109 Å². The lowest BCUT2D eigenvalue weighted by atomic mass is 9.98. The summed E-state index contributed by atoms with van der Waals surface area (Å²) in [7, 11) is 3.41. The number of hydrogen-bond donors (Lipinski definition) is 16. The fourth-order valence-corrected chi connectivity index (χ4v) is 16.6. The molecule has 0 bridgehead atoms. The molecule has 14 atom stereocenters. The number of aliphatic carboxylic acids is 2. The highest BCUT2D eigenvalue weighted by molar-refractivity contribution is 8.00. The van der Waals surface area contributed by atoms with Crippen LogP contribution in [0, 0.1) is 29.2 Å². The molecule has 15 amide bonds. The van der Waals surface area contributed by atoms with Crippen molar-refractivity contribution in [3.63, 3.8) is 0 Å². The number of primary amides is 1. The highest BCUT2D eigenvalue weighted by Gasteiger charge is 2.48. The molecule has 9 rings (SSSR count). The second kappa shape index (κ2) is 48.7. The van der Waals surface area contributed by atoms with Gasteiger partial charge in [-0.15, -0.1) is 11.8 Å². The number of para-hydroxylation sites is 1. The first kappa shape index (κ1) is 104. The Hall–Kier alpha value is -13.6. The van der Waals surface area contributed by atoms with E-state index in [4.69, 9.17) is 16.2 Å². The molecular weight excluding hydrogens is 1780 g/mol. The molecule has 44 heteroatoms. The van der Waals surface area contributed by atoms with Crippen molar-refractivity contribution in [2.24, 2.45) is 17.4 Å². The van der Waals surface area contributed by atoms with E-state index in [-0.39, 0.29) is 49.2 Å². The van der Waals surface area contributed by atoms with Crippen LogP contribution in [-0.2, 0) is 118 Å². The van der Waals surface area contributed by atoms with E-state index in [0.717, 1.165) is 50.7 Å². The summed E-state index contributed by atoms with van der Waals surface area (Å²) in [4.78, 5) is 256. The number of phenols is 1. The molecule has 18 N–H and O–H groups in total. The van der Waals surface area contributed by atoms with Crippen LogP contribution in [-0.4, -0.2) is 307 Å². The first-order valence-electron chi connectivity index (χ1n) is 43.3. The molecule has 4 heterocycles. The maximum Gasteiger partial charge on any atom is 0.305 e. The van der Waals surface area contributed by atoms with E-state index < -0.39 is 309 Å². The fraction of sp³-hybridized carbons (Fsp3) is 0.456. The van der Waals surface area contributed by atoms with E-state index in [1.165, 1.54) is 57.3 Å². The number of nitrogens with one attached hydrogen (secondary N) is 10. The number of thioether (sulfide) groups is 1. The normalized spacial score (nSPS) is 24.1. The monoisotopic (exact) mass is 1890 g/mol. The summed E-state index contributed by atoms with van der Waals surface area (Å²) in [5.74, 6) is -28.6. The second-order valence-electron chi connectivity index (χ2n) is 33.3. The van der Waals surface area contributed by atoms with Crippen LogP contribution in [0.15, 0.2) is 121 Å². The molecular formula is C90H111F4N17O22S. The lowest BCUT2D eigenvalue weighted by molar-refractivity contribution is -0.152. The number of halogens is 4. The van der Waals surface area contributed by atoms with Crippen molar-refractivity contribution in [3.8, 4) is 5.75 Å². The molecule has 0 saturated carbocycles. The van der Waals surface area contributed by atoms with Crippen molar-refractivity contribution in [2.75, 3.05) is 72.0 Å². The molecule has 3 aliphatic rings. The van der Waals surface area contributed by atoms with Gasteiger partial charge in [0.1, 0.15) is 90.1 Å². The maximum atomic E-state index is 15.7. The Morgan fingerprint density at radius 3 is 1.76 bits per heavy atom. The van der Waals surface area contributed by atoms with E-state index in [0.29, 0.717) is 52.3 Å². The Morgan fingerprint density at radius 1 is 0.560 bits per heavy atom. The number of carbonyl (C=O) groups is 17. The van der Waals surface area contributed by atoms with Gasteiger partial charge in [-0.1, -0.05) is 106 Å². The van der Waals surface area contributed by atoms with Crippen LogP contribution in [0.5, 0.6) is 5.75 Å². The summed E-state index contributed by atoms with van der Waals surface area (Å²) < 4.78 is 65.4. The van der Waals surface area contributed by atoms with Gasteiger partial charge in [0.05, 0.1) is 38.0 Å². The number of aromatic nitrogens is 1. The highest BCUT2D eigenvalue weighted by Crippen LogP contribution is 2.28. The summed E-state index contributed by atoms with van der Waals surface area (Å²) in [5, 5.41) is 65.1. The number of nitrogens with zero attached hydrogens (tertiary/aromatic N) is 5. The highest BCUT2D eigenvalue weighted by atomic mass is 32.2. The number of carbonyl (C=O) groups excluding carboxylic acids is 15. The van der Waals surface area contributed by atoms with Gasteiger partial charge in [-0.05, 0) is 89.0 Å². The zero-order valence-corrected chi connectivity index (χ0v) is 75.1. The Labute approximate surface area is 771 Å². The Bertz CT molecular complexity index is 5250. The molecule has 3 saturated heterocycles.